The van der Waals surface area contributed by atoms with Crippen molar-refractivity contribution < 1.29 is 14.6 Å². The number of benzene rings is 2. The molecule has 0 saturated carbocycles. The molecule has 0 bridgehead atoms. The molecule has 3 nitrogen and oxygen atoms in total. The van der Waals surface area contributed by atoms with E-state index >= 15 is 0 Å². The number of hydrogen-bond donors (Lipinski definition) is 1. The van der Waals surface area contributed by atoms with Crippen molar-refractivity contribution in [3.8, 4) is 5.75 Å². The zero-order chi connectivity index (χ0) is 15.1. The van der Waals surface area contributed by atoms with Crippen LogP contribution in [0.2, 0.25) is 0 Å². The first kappa shape index (κ1) is 15.5. The van der Waals surface area contributed by atoms with Crippen molar-refractivity contribution in [3.63, 3.8) is 0 Å². The van der Waals surface area contributed by atoms with Crippen LogP contribution in [0, 0.1) is 0 Å². The van der Waals surface area contributed by atoms with Crippen molar-refractivity contribution in [2.75, 3.05) is 13.7 Å². The number of rotatable bonds is 7. The van der Waals surface area contributed by atoms with Crippen LogP contribution in [0.4, 0.5) is 0 Å². The van der Waals surface area contributed by atoms with Crippen LogP contribution in [0.25, 0.3) is 0 Å². The summed E-state index contributed by atoms with van der Waals surface area (Å²) in [5.41, 5.74) is 3.41. The molecule has 112 valence electrons. The zero-order valence-corrected chi connectivity index (χ0v) is 12.6. The van der Waals surface area contributed by atoms with E-state index in [-0.39, 0.29) is 12.5 Å². The summed E-state index contributed by atoms with van der Waals surface area (Å²) in [4.78, 5) is 0. The van der Waals surface area contributed by atoms with Crippen LogP contribution < -0.4 is 4.74 Å². The monoisotopic (exact) mass is 286 g/mol. The predicted molar refractivity (Wildman–Crippen MR) is 83.4 cm³/mol. The zero-order valence-electron chi connectivity index (χ0n) is 12.6. The molecule has 2 aromatic rings. The van der Waals surface area contributed by atoms with Gasteiger partial charge in [0.1, 0.15) is 5.75 Å². The van der Waals surface area contributed by atoms with E-state index in [1.165, 1.54) is 0 Å². The maximum atomic E-state index is 9.13. The Morgan fingerprint density at radius 1 is 0.905 bits per heavy atom. The third-order valence-corrected chi connectivity index (χ3v) is 3.52. The first-order valence-electron chi connectivity index (χ1n) is 7.13. The van der Waals surface area contributed by atoms with Crippen molar-refractivity contribution in [2.45, 2.75) is 26.1 Å². The van der Waals surface area contributed by atoms with Crippen LogP contribution >= 0.6 is 0 Å². The standard InChI is InChI=1S/C18H22O3/c1-14(11-19)17-7-3-15(4-8-17)12-21-13-16-5-9-18(20-2)10-6-16/h3-10,14,19H,11-13H2,1-2H3/t14-/m0/s1. The molecule has 0 radical (unpaired) electrons. The molecule has 2 rings (SSSR count). The molecule has 1 N–H and O–H groups in total. The molecule has 0 saturated heterocycles. The number of methoxy groups -OCH3 is 1. The van der Waals surface area contributed by atoms with E-state index in [2.05, 4.69) is 12.1 Å². The highest BCUT2D eigenvalue weighted by atomic mass is 16.5. The average Bonchev–Trinajstić information content (AvgIpc) is 2.55. The van der Waals surface area contributed by atoms with Crippen molar-refractivity contribution in [2.24, 2.45) is 0 Å². The molecule has 0 aromatic heterocycles. The summed E-state index contributed by atoms with van der Waals surface area (Å²) in [6.07, 6.45) is 0. The molecule has 0 amide bonds. The first-order valence-corrected chi connectivity index (χ1v) is 7.13. The molecule has 0 heterocycles. The Morgan fingerprint density at radius 2 is 1.43 bits per heavy atom. The maximum absolute atomic E-state index is 9.13. The summed E-state index contributed by atoms with van der Waals surface area (Å²) in [6.45, 7) is 3.35. The molecule has 3 heteroatoms. The van der Waals surface area contributed by atoms with E-state index in [1.807, 2.05) is 43.3 Å². The van der Waals surface area contributed by atoms with Gasteiger partial charge in [0.2, 0.25) is 0 Å². The molecule has 0 unspecified atom stereocenters. The minimum atomic E-state index is 0.174. The second kappa shape index (κ2) is 7.81. The number of hydrogen-bond acceptors (Lipinski definition) is 3. The topological polar surface area (TPSA) is 38.7 Å². The normalized spacial score (nSPS) is 12.1. The molecule has 2 aromatic carbocycles. The molecule has 21 heavy (non-hydrogen) atoms. The Morgan fingerprint density at radius 3 is 1.90 bits per heavy atom. The lowest BCUT2D eigenvalue weighted by atomic mass is 10.0. The van der Waals surface area contributed by atoms with Gasteiger partial charge < -0.3 is 14.6 Å². The minimum absolute atomic E-state index is 0.174. The summed E-state index contributed by atoms with van der Waals surface area (Å²) < 4.78 is 10.8. The fraction of sp³-hybridized carbons (Fsp3) is 0.333. The van der Waals surface area contributed by atoms with E-state index in [1.54, 1.807) is 7.11 Å². The van der Waals surface area contributed by atoms with Crippen molar-refractivity contribution >= 4 is 0 Å². The lowest BCUT2D eigenvalue weighted by molar-refractivity contribution is 0.107. The largest absolute Gasteiger partial charge is 0.497 e. The van der Waals surface area contributed by atoms with Crippen LogP contribution in [0.3, 0.4) is 0 Å². The second-order valence-corrected chi connectivity index (χ2v) is 5.17. The van der Waals surface area contributed by atoms with E-state index in [0.29, 0.717) is 13.2 Å². The Bertz CT molecular complexity index is 531. The predicted octanol–water partition coefficient (Wildman–Crippen LogP) is 3.51. The third-order valence-electron chi connectivity index (χ3n) is 3.52. The van der Waals surface area contributed by atoms with Crippen LogP contribution in [0.1, 0.15) is 29.5 Å². The highest BCUT2D eigenvalue weighted by Gasteiger charge is 2.03. The maximum Gasteiger partial charge on any atom is 0.118 e. The third kappa shape index (κ3) is 4.59. The SMILES string of the molecule is COc1ccc(COCc2ccc([C@@H](C)CO)cc2)cc1. The molecular weight excluding hydrogens is 264 g/mol. The Labute approximate surface area is 126 Å². The smallest absolute Gasteiger partial charge is 0.118 e. The summed E-state index contributed by atoms with van der Waals surface area (Å²) in [6, 6.07) is 16.1. The fourth-order valence-corrected chi connectivity index (χ4v) is 2.06. The minimum Gasteiger partial charge on any atom is -0.497 e. The number of aliphatic hydroxyl groups excluding tert-OH is 1. The van der Waals surface area contributed by atoms with Gasteiger partial charge in [0.05, 0.1) is 20.3 Å². The average molecular weight is 286 g/mol. The lowest BCUT2D eigenvalue weighted by Gasteiger charge is -2.10. The molecular formula is C18H22O3. The highest BCUT2D eigenvalue weighted by molar-refractivity contribution is 5.27. The second-order valence-electron chi connectivity index (χ2n) is 5.17. The van der Waals surface area contributed by atoms with Gasteiger partial charge >= 0.3 is 0 Å². The molecule has 0 aliphatic heterocycles. The summed E-state index contributed by atoms with van der Waals surface area (Å²) in [5, 5.41) is 9.13. The fourth-order valence-electron chi connectivity index (χ4n) is 2.06. The Balaban J connectivity index is 1.82. The Kier molecular flexibility index (Phi) is 5.78. The van der Waals surface area contributed by atoms with Crippen LogP contribution in [-0.4, -0.2) is 18.8 Å². The van der Waals surface area contributed by atoms with E-state index in [0.717, 1.165) is 22.4 Å². The molecule has 0 fully saturated rings. The van der Waals surface area contributed by atoms with Crippen LogP contribution in [0.15, 0.2) is 48.5 Å². The van der Waals surface area contributed by atoms with Crippen molar-refractivity contribution in [3.05, 3.63) is 65.2 Å². The van der Waals surface area contributed by atoms with Gasteiger partial charge in [0.25, 0.3) is 0 Å². The van der Waals surface area contributed by atoms with Gasteiger partial charge in [-0.05, 0) is 28.8 Å². The van der Waals surface area contributed by atoms with Crippen LogP contribution in [0.5, 0.6) is 5.75 Å². The molecule has 0 aliphatic rings. The summed E-state index contributed by atoms with van der Waals surface area (Å²) >= 11 is 0. The summed E-state index contributed by atoms with van der Waals surface area (Å²) in [5.74, 6) is 1.03. The molecule has 0 aliphatic carbocycles. The van der Waals surface area contributed by atoms with Gasteiger partial charge in [-0.1, -0.05) is 43.3 Å². The molecule has 0 spiro atoms. The molecule has 1 atom stereocenters. The highest BCUT2D eigenvalue weighted by Crippen LogP contribution is 2.16. The summed E-state index contributed by atoms with van der Waals surface area (Å²) in [7, 11) is 1.66. The quantitative estimate of drug-likeness (QED) is 0.846. The van der Waals surface area contributed by atoms with E-state index in [9.17, 15) is 0 Å². The van der Waals surface area contributed by atoms with Gasteiger partial charge in [0.15, 0.2) is 0 Å². The lowest BCUT2D eigenvalue weighted by Crippen LogP contribution is -1.99. The van der Waals surface area contributed by atoms with Gasteiger partial charge in [-0.15, -0.1) is 0 Å². The van der Waals surface area contributed by atoms with Gasteiger partial charge in [-0.25, -0.2) is 0 Å². The van der Waals surface area contributed by atoms with Crippen molar-refractivity contribution in [1.29, 1.82) is 0 Å². The number of aliphatic hydroxyl groups is 1. The van der Waals surface area contributed by atoms with Gasteiger partial charge in [0, 0.05) is 12.5 Å². The van der Waals surface area contributed by atoms with E-state index in [4.69, 9.17) is 14.6 Å². The van der Waals surface area contributed by atoms with Crippen molar-refractivity contribution in [1.82, 2.24) is 0 Å². The van der Waals surface area contributed by atoms with E-state index < -0.39 is 0 Å². The first-order chi connectivity index (χ1) is 10.2. The number of ether oxygens (including phenoxy) is 2. The van der Waals surface area contributed by atoms with Gasteiger partial charge in [-0.2, -0.15) is 0 Å². The van der Waals surface area contributed by atoms with Crippen LogP contribution in [-0.2, 0) is 18.0 Å². The van der Waals surface area contributed by atoms with Gasteiger partial charge in [-0.3, -0.25) is 0 Å². The Hall–Kier alpha value is -1.84.